The van der Waals surface area contributed by atoms with Gasteiger partial charge in [-0.2, -0.15) is 0 Å². The number of rotatable bonds is 4. The van der Waals surface area contributed by atoms with Gasteiger partial charge < -0.3 is 10.2 Å². The van der Waals surface area contributed by atoms with E-state index in [9.17, 15) is 4.79 Å². The zero-order valence-electron chi connectivity index (χ0n) is 13.7. The van der Waals surface area contributed by atoms with E-state index in [2.05, 4.69) is 15.2 Å². The summed E-state index contributed by atoms with van der Waals surface area (Å²) < 4.78 is 1.81. The molecule has 1 amide bonds. The molecule has 1 aliphatic rings. The van der Waals surface area contributed by atoms with Gasteiger partial charge in [0.05, 0.1) is 10.7 Å². The third-order valence-corrected chi connectivity index (χ3v) is 5.01. The van der Waals surface area contributed by atoms with Gasteiger partial charge in [0.1, 0.15) is 11.3 Å². The van der Waals surface area contributed by atoms with Gasteiger partial charge in [0.25, 0.3) is 5.91 Å². The highest BCUT2D eigenvalue weighted by atomic mass is 35.5. The maximum Gasteiger partial charge on any atom is 0.268 e. The summed E-state index contributed by atoms with van der Waals surface area (Å²) >= 11 is 6.28. The van der Waals surface area contributed by atoms with Gasteiger partial charge in [0, 0.05) is 32.0 Å². The number of benzene rings is 1. The molecule has 3 heterocycles. The van der Waals surface area contributed by atoms with E-state index >= 15 is 0 Å². The number of anilines is 1. The number of nitrogens with one attached hydrogen (secondary N) is 1. The third kappa shape index (κ3) is 3.20. The van der Waals surface area contributed by atoms with Gasteiger partial charge in [-0.25, -0.2) is 4.98 Å². The highest BCUT2D eigenvalue weighted by Crippen LogP contribution is 2.29. The van der Waals surface area contributed by atoms with Crippen molar-refractivity contribution in [3.63, 3.8) is 0 Å². The minimum Gasteiger partial charge on any atom is -0.370 e. The molecule has 0 saturated carbocycles. The fourth-order valence-electron chi connectivity index (χ4n) is 3.39. The summed E-state index contributed by atoms with van der Waals surface area (Å²) in [5.74, 6) is 0.349. The van der Waals surface area contributed by atoms with Crippen LogP contribution in [0.2, 0.25) is 5.02 Å². The lowest BCUT2D eigenvalue weighted by atomic mass is 10.1. The first-order valence-corrected chi connectivity index (χ1v) is 8.80. The molecule has 1 fully saturated rings. The molecule has 3 aromatic rings. The quantitative estimate of drug-likeness (QED) is 0.782. The van der Waals surface area contributed by atoms with Crippen LogP contribution in [0.4, 0.5) is 5.69 Å². The lowest BCUT2D eigenvalue weighted by Gasteiger charge is -2.20. The van der Waals surface area contributed by atoms with Crippen LogP contribution in [0.1, 0.15) is 16.9 Å². The highest BCUT2D eigenvalue weighted by molar-refractivity contribution is 6.33. The van der Waals surface area contributed by atoms with Crippen molar-refractivity contribution in [2.24, 2.45) is 5.92 Å². The number of nitrogens with zero attached hydrogens (tertiary/aromatic N) is 3. The van der Waals surface area contributed by atoms with Crippen molar-refractivity contribution in [1.82, 2.24) is 14.7 Å². The number of halogens is 1. The Morgan fingerprint density at radius 3 is 3.00 bits per heavy atom. The molecule has 2 aromatic heterocycles. The van der Waals surface area contributed by atoms with Crippen molar-refractivity contribution in [1.29, 1.82) is 0 Å². The molecular weight excluding hydrogens is 336 g/mol. The number of hydrogen-bond donors (Lipinski definition) is 1. The summed E-state index contributed by atoms with van der Waals surface area (Å²) in [5, 5.41) is 3.84. The van der Waals surface area contributed by atoms with Gasteiger partial charge in [-0.05, 0) is 36.6 Å². The Morgan fingerprint density at radius 1 is 1.24 bits per heavy atom. The molecule has 0 bridgehead atoms. The monoisotopic (exact) mass is 354 g/mol. The second kappa shape index (κ2) is 6.76. The Labute approximate surface area is 151 Å². The molecule has 1 aromatic carbocycles. The van der Waals surface area contributed by atoms with Crippen LogP contribution in [0, 0.1) is 5.92 Å². The average molecular weight is 355 g/mol. The van der Waals surface area contributed by atoms with Crippen LogP contribution in [-0.4, -0.2) is 34.9 Å². The average Bonchev–Trinajstić information content (AvgIpc) is 3.29. The number of aromatic nitrogens is 2. The van der Waals surface area contributed by atoms with Crippen molar-refractivity contribution in [2.75, 3.05) is 24.5 Å². The van der Waals surface area contributed by atoms with Gasteiger partial charge >= 0.3 is 0 Å². The van der Waals surface area contributed by atoms with Crippen molar-refractivity contribution >= 4 is 28.8 Å². The minimum absolute atomic E-state index is 0.0696. The molecule has 0 radical (unpaired) electrons. The summed E-state index contributed by atoms with van der Waals surface area (Å²) in [5.41, 5.74) is 2.45. The zero-order chi connectivity index (χ0) is 17.2. The smallest absolute Gasteiger partial charge is 0.268 e. The van der Waals surface area contributed by atoms with Crippen molar-refractivity contribution in [3.8, 4) is 0 Å². The first kappa shape index (κ1) is 16.0. The van der Waals surface area contributed by atoms with E-state index in [4.69, 9.17) is 11.6 Å². The van der Waals surface area contributed by atoms with E-state index in [1.54, 1.807) is 16.8 Å². The number of carbonyl (C=O) groups is 1. The second-order valence-corrected chi connectivity index (χ2v) is 6.74. The number of hydrogen-bond acceptors (Lipinski definition) is 3. The van der Waals surface area contributed by atoms with E-state index in [-0.39, 0.29) is 5.91 Å². The van der Waals surface area contributed by atoms with Gasteiger partial charge in [-0.3, -0.25) is 9.20 Å². The van der Waals surface area contributed by atoms with E-state index in [0.29, 0.717) is 18.2 Å². The van der Waals surface area contributed by atoms with Crippen LogP contribution < -0.4 is 10.2 Å². The molecule has 0 spiro atoms. The summed E-state index contributed by atoms with van der Waals surface area (Å²) in [6, 6.07) is 13.5. The number of para-hydroxylation sites is 1. The predicted molar refractivity (Wildman–Crippen MR) is 99.3 cm³/mol. The molecule has 1 N–H and O–H groups in total. The fraction of sp³-hybridized carbons (Fsp3) is 0.263. The van der Waals surface area contributed by atoms with Crippen LogP contribution in [-0.2, 0) is 0 Å². The molecule has 4 rings (SSSR count). The molecule has 1 saturated heterocycles. The SMILES string of the molecule is O=C(NCC1CCN(c2ccccc2Cl)C1)c1cccc2nccn12. The highest BCUT2D eigenvalue weighted by Gasteiger charge is 2.24. The van der Waals surface area contributed by atoms with Crippen molar-refractivity contribution < 1.29 is 4.79 Å². The first-order valence-electron chi connectivity index (χ1n) is 8.42. The Bertz CT molecular complexity index is 907. The summed E-state index contributed by atoms with van der Waals surface area (Å²) in [7, 11) is 0. The maximum atomic E-state index is 12.5. The summed E-state index contributed by atoms with van der Waals surface area (Å²) in [6.07, 6.45) is 4.55. The molecule has 1 aliphatic heterocycles. The molecule has 5 nitrogen and oxygen atoms in total. The van der Waals surface area contributed by atoms with Gasteiger partial charge in [0.2, 0.25) is 0 Å². The number of imidazole rings is 1. The normalized spacial score (nSPS) is 17.2. The van der Waals surface area contributed by atoms with Gasteiger partial charge in [0.15, 0.2) is 0 Å². The predicted octanol–water partition coefficient (Wildman–Crippen LogP) is 3.24. The first-order chi connectivity index (χ1) is 12.2. The largest absolute Gasteiger partial charge is 0.370 e. The Morgan fingerprint density at radius 2 is 2.12 bits per heavy atom. The number of amides is 1. The summed E-state index contributed by atoms with van der Waals surface area (Å²) in [4.78, 5) is 19.0. The third-order valence-electron chi connectivity index (χ3n) is 4.69. The van der Waals surface area contributed by atoms with Gasteiger partial charge in [-0.1, -0.05) is 29.8 Å². The molecule has 128 valence electrons. The molecule has 1 unspecified atom stereocenters. The van der Waals surface area contributed by atoms with E-state index in [1.807, 2.05) is 42.5 Å². The van der Waals surface area contributed by atoms with Crippen LogP contribution in [0.15, 0.2) is 54.9 Å². The summed E-state index contributed by atoms with van der Waals surface area (Å²) in [6.45, 7) is 2.52. The topological polar surface area (TPSA) is 49.6 Å². The van der Waals surface area contributed by atoms with Crippen LogP contribution in [0.25, 0.3) is 5.65 Å². The second-order valence-electron chi connectivity index (χ2n) is 6.33. The zero-order valence-corrected chi connectivity index (χ0v) is 14.5. The fourth-order valence-corrected chi connectivity index (χ4v) is 3.64. The standard InChI is InChI=1S/C19H19ClN4O/c20-15-4-1-2-5-16(15)23-10-8-14(13-23)12-22-19(25)17-6-3-7-18-21-9-11-24(17)18/h1-7,9,11,14H,8,10,12-13H2,(H,22,25). The van der Waals surface area contributed by atoms with Crippen LogP contribution in [0.3, 0.4) is 0 Å². The molecule has 0 aliphatic carbocycles. The molecule has 1 atom stereocenters. The minimum atomic E-state index is -0.0696. The molecule has 6 heteroatoms. The van der Waals surface area contributed by atoms with E-state index in [0.717, 1.165) is 35.9 Å². The lowest BCUT2D eigenvalue weighted by molar-refractivity contribution is 0.0942. The molecule has 25 heavy (non-hydrogen) atoms. The van der Waals surface area contributed by atoms with Crippen molar-refractivity contribution in [3.05, 3.63) is 65.6 Å². The van der Waals surface area contributed by atoms with E-state index < -0.39 is 0 Å². The number of fused-ring (bicyclic) bond motifs is 1. The Balaban J connectivity index is 1.38. The van der Waals surface area contributed by atoms with Crippen LogP contribution >= 0.6 is 11.6 Å². The Hall–Kier alpha value is -2.53. The van der Waals surface area contributed by atoms with Gasteiger partial charge in [-0.15, -0.1) is 0 Å². The van der Waals surface area contributed by atoms with Crippen molar-refractivity contribution in [2.45, 2.75) is 6.42 Å². The van der Waals surface area contributed by atoms with Crippen LogP contribution in [0.5, 0.6) is 0 Å². The maximum absolute atomic E-state index is 12.5. The number of carbonyl (C=O) groups excluding carboxylic acids is 1. The Kier molecular flexibility index (Phi) is 4.32. The number of pyridine rings is 1. The molecular formula is C19H19ClN4O. The van der Waals surface area contributed by atoms with E-state index in [1.165, 1.54) is 0 Å². The lowest BCUT2D eigenvalue weighted by Crippen LogP contribution is -2.32.